The largest absolute Gasteiger partial charge is 0.497 e. The molecule has 20 heavy (non-hydrogen) atoms. The molecule has 0 fully saturated rings. The topological polar surface area (TPSA) is 66.0 Å². The van der Waals surface area contributed by atoms with E-state index in [1.807, 2.05) is 34.3 Å². The van der Waals surface area contributed by atoms with Gasteiger partial charge in [-0.2, -0.15) is 0 Å². The Balaban J connectivity index is 2.20. The molecule has 5 nitrogen and oxygen atoms in total. The van der Waals surface area contributed by atoms with Gasteiger partial charge in [-0.15, -0.1) is 11.3 Å². The van der Waals surface area contributed by atoms with Crippen molar-refractivity contribution in [1.29, 1.82) is 0 Å². The maximum absolute atomic E-state index is 6.12. The van der Waals surface area contributed by atoms with Crippen LogP contribution in [0.1, 0.15) is 24.4 Å². The summed E-state index contributed by atoms with van der Waals surface area (Å²) in [5.41, 5.74) is 7.96. The van der Waals surface area contributed by atoms with Gasteiger partial charge in [0.15, 0.2) is 0 Å². The molecule has 2 N–H and O–H groups in total. The zero-order valence-electron chi connectivity index (χ0n) is 11.4. The Morgan fingerprint density at radius 1 is 1.45 bits per heavy atom. The van der Waals surface area contributed by atoms with Gasteiger partial charge in [0.25, 0.3) is 0 Å². The fourth-order valence-electron chi connectivity index (χ4n) is 2.41. The van der Waals surface area contributed by atoms with Gasteiger partial charge in [-0.05, 0) is 18.6 Å². The van der Waals surface area contributed by atoms with E-state index in [1.165, 1.54) is 0 Å². The summed E-state index contributed by atoms with van der Waals surface area (Å²) in [4.78, 5) is 8.85. The highest BCUT2D eigenvalue weighted by atomic mass is 32.1. The molecule has 3 aromatic rings. The van der Waals surface area contributed by atoms with Crippen LogP contribution in [-0.4, -0.2) is 21.6 Å². The number of fused-ring (bicyclic) bond motifs is 1. The highest BCUT2D eigenvalue weighted by molar-refractivity contribution is 7.09. The molecule has 1 atom stereocenters. The van der Waals surface area contributed by atoms with E-state index in [0.29, 0.717) is 5.95 Å². The quantitative estimate of drug-likeness (QED) is 0.801. The van der Waals surface area contributed by atoms with E-state index in [-0.39, 0.29) is 6.04 Å². The summed E-state index contributed by atoms with van der Waals surface area (Å²) in [5.74, 6) is 1.31. The smallest absolute Gasteiger partial charge is 0.201 e. The maximum atomic E-state index is 6.12. The number of nitrogen functional groups attached to an aromatic ring is 1. The van der Waals surface area contributed by atoms with Crippen molar-refractivity contribution in [3.63, 3.8) is 0 Å². The lowest BCUT2D eigenvalue weighted by atomic mass is 10.2. The highest BCUT2D eigenvalue weighted by Gasteiger charge is 2.20. The van der Waals surface area contributed by atoms with Crippen LogP contribution in [0.2, 0.25) is 0 Å². The third kappa shape index (κ3) is 2.02. The predicted octanol–water partition coefficient (Wildman–Crippen LogP) is 3.08. The first-order chi connectivity index (χ1) is 9.74. The van der Waals surface area contributed by atoms with Crippen LogP contribution >= 0.6 is 11.3 Å². The van der Waals surface area contributed by atoms with Crippen LogP contribution in [0.3, 0.4) is 0 Å². The standard InChI is InChI=1S/C14H16N4OS/c1-3-11(13-16-6-7-20-13)18-12-8-9(19-2)4-5-10(12)17-14(18)15/h4-8,11H,3H2,1-2H3,(H2,15,17). The lowest BCUT2D eigenvalue weighted by Gasteiger charge is -2.16. The van der Waals surface area contributed by atoms with Gasteiger partial charge in [0, 0.05) is 17.6 Å². The second-order valence-corrected chi connectivity index (χ2v) is 5.42. The lowest BCUT2D eigenvalue weighted by molar-refractivity contribution is 0.415. The highest BCUT2D eigenvalue weighted by Crippen LogP contribution is 2.32. The number of anilines is 1. The first-order valence-corrected chi connectivity index (χ1v) is 7.33. The van der Waals surface area contributed by atoms with Crippen molar-refractivity contribution in [3.8, 4) is 5.75 Å². The van der Waals surface area contributed by atoms with Gasteiger partial charge in [-0.3, -0.25) is 0 Å². The number of hydrogen-bond donors (Lipinski definition) is 1. The van der Waals surface area contributed by atoms with Crippen molar-refractivity contribution in [2.75, 3.05) is 12.8 Å². The van der Waals surface area contributed by atoms with Crippen molar-refractivity contribution < 1.29 is 4.74 Å². The van der Waals surface area contributed by atoms with E-state index in [2.05, 4.69) is 16.9 Å². The summed E-state index contributed by atoms with van der Waals surface area (Å²) in [6, 6.07) is 5.89. The van der Waals surface area contributed by atoms with E-state index in [1.54, 1.807) is 18.4 Å². The van der Waals surface area contributed by atoms with E-state index >= 15 is 0 Å². The van der Waals surface area contributed by atoms with Crippen molar-refractivity contribution >= 4 is 28.3 Å². The van der Waals surface area contributed by atoms with E-state index in [0.717, 1.165) is 28.2 Å². The lowest BCUT2D eigenvalue weighted by Crippen LogP contribution is -2.12. The number of nitrogens with two attached hydrogens (primary N) is 1. The number of aromatic nitrogens is 3. The molecule has 0 spiro atoms. The number of thiazole rings is 1. The molecule has 0 radical (unpaired) electrons. The Kier molecular flexibility index (Phi) is 3.31. The molecule has 0 saturated carbocycles. The first kappa shape index (κ1) is 12.9. The number of imidazole rings is 1. The van der Waals surface area contributed by atoms with Crippen molar-refractivity contribution in [3.05, 3.63) is 34.8 Å². The number of benzene rings is 1. The van der Waals surface area contributed by atoms with E-state index in [9.17, 15) is 0 Å². The molecular formula is C14H16N4OS. The second kappa shape index (κ2) is 5.13. The molecule has 0 amide bonds. The summed E-state index contributed by atoms with van der Waals surface area (Å²) >= 11 is 1.63. The van der Waals surface area contributed by atoms with Gasteiger partial charge in [0.2, 0.25) is 5.95 Å². The summed E-state index contributed by atoms with van der Waals surface area (Å²) in [6.45, 7) is 2.12. The van der Waals surface area contributed by atoms with Gasteiger partial charge in [0.1, 0.15) is 10.8 Å². The minimum absolute atomic E-state index is 0.104. The minimum Gasteiger partial charge on any atom is -0.497 e. The Hall–Kier alpha value is -2.08. The molecule has 0 saturated heterocycles. The van der Waals surface area contributed by atoms with Crippen LogP contribution in [0.25, 0.3) is 11.0 Å². The SMILES string of the molecule is CCC(c1nccs1)n1c(N)nc2ccc(OC)cc21. The number of hydrogen-bond acceptors (Lipinski definition) is 5. The van der Waals surface area contributed by atoms with Gasteiger partial charge >= 0.3 is 0 Å². The fraction of sp³-hybridized carbons (Fsp3) is 0.286. The van der Waals surface area contributed by atoms with Crippen LogP contribution in [0.15, 0.2) is 29.8 Å². The third-order valence-electron chi connectivity index (χ3n) is 3.36. The van der Waals surface area contributed by atoms with Gasteiger partial charge in [0.05, 0.1) is 24.2 Å². The molecule has 0 bridgehead atoms. The van der Waals surface area contributed by atoms with Gasteiger partial charge < -0.3 is 15.0 Å². The van der Waals surface area contributed by atoms with E-state index < -0.39 is 0 Å². The predicted molar refractivity (Wildman–Crippen MR) is 81.2 cm³/mol. The van der Waals surface area contributed by atoms with Crippen molar-refractivity contribution in [2.24, 2.45) is 0 Å². The second-order valence-electron chi connectivity index (χ2n) is 4.49. The van der Waals surface area contributed by atoms with Crippen molar-refractivity contribution in [2.45, 2.75) is 19.4 Å². The zero-order chi connectivity index (χ0) is 14.1. The molecule has 0 aliphatic rings. The molecule has 1 unspecified atom stereocenters. The first-order valence-electron chi connectivity index (χ1n) is 6.45. The molecule has 2 aromatic heterocycles. The van der Waals surface area contributed by atoms with Crippen molar-refractivity contribution in [1.82, 2.24) is 14.5 Å². The minimum atomic E-state index is 0.104. The van der Waals surface area contributed by atoms with Crippen LogP contribution in [0, 0.1) is 0 Å². The summed E-state index contributed by atoms with van der Waals surface area (Å²) in [5, 5.41) is 3.02. The molecular weight excluding hydrogens is 272 g/mol. The maximum Gasteiger partial charge on any atom is 0.201 e. The third-order valence-corrected chi connectivity index (χ3v) is 4.24. The molecule has 6 heteroatoms. The number of ether oxygens (including phenoxy) is 1. The van der Waals surface area contributed by atoms with Crippen LogP contribution < -0.4 is 10.5 Å². The molecule has 2 heterocycles. The Morgan fingerprint density at radius 2 is 2.30 bits per heavy atom. The summed E-state index contributed by atoms with van der Waals surface area (Å²) < 4.78 is 7.33. The molecule has 0 aliphatic carbocycles. The normalized spacial score (nSPS) is 12.7. The monoisotopic (exact) mass is 288 g/mol. The number of methoxy groups -OCH3 is 1. The average molecular weight is 288 g/mol. The van der Waals surface area contributed by atoms with Crippen LogP contribution in [0.4, 0.5) is 5.95 Å². The Labute approximate surface area is 121 Å². The molecule has 3 rings (SSSR count). The molecule has 0 aliphatic heterocycles. The average Bonchev–Trinajstić information content (AvgIpc) is 3.08. The van der Waals surface area contributed by atoms with Gasteiger partial charge in [-0.1, -0.05) is 6.92 Å². The zero-order valence-corrected chi connectivity index (χ0v) is 12.2. The summed E-state index contributed by atoms with van der Waals surface area (Å²) in [6.07, 6.45) is 2.72. The van der Waals surface area contributed by atoms with Gasteiger partial charge in [-0.25, -0.2) is 9.97 Å². The fourth-order valence-corrected chi connectivity index (χ4v) is 3.22. The molecule has 1 aromatic carbocycles. The van der Waals surface area contributed by atoms with Crippen LogP contribution in [-0.2, 0) is 0 Å². The Morgan fingerprint density at radius 3 is 2.95 bits per heavy atom. The molecule has 104 valence electrons. The Bertz CT molecular complexity index is 720. The van der Waals surface area contributed by atoms with E-state index in [4.69, 9.17) is 10.5 Å². The van der Waals surface area contributed by atoms with Crippen LogP contribution in [0.5, 0.6) is 5.75 Å². The number of nitrogens with zero attached hydrogens (tertiary/aromatic N) is 3. The number of rotatable bonds is 4. The summed E-state index contributed by atoms with van der Waals surface area (Å²) in [7, 11) is 1.66.